The van der Waals surface area contributed by atoms with E-state index in [1.54, 1.807) is 0 Å². The van der Waals surface area contributed by atoms with Crippen molar-refractivity contribution in [3.63, 3.8) is 0 Å². The first-order chi connectivity index (χ1) is 14.6. The van der Waals surface area contributed by atoms with Crippen LogP contribution in [0.1, 0.15) is 46.0 Å². The molecule has 4 bridgehead atoms. The number of rotatable bonds is 6. The Bertz CT molecular complexity index is 897. The van der Waals surface area contributed by atoms with Crippen molar-refractivity contribution in [3.8, 4) is 6.19 Å². The summed E-state index contributed by atoms with van der Waals surface area (Å²) in [5.41, 5.74) is 7.05. The van der Waals surface area contributed by atoms with Crippen molar-refractivity contribution in [1.82, 2.24) is 5.32 Å². The average Bonchev–Trinajstić information content (AvgIpc) is 2.69. The lowest BCUT2D eigenvalue weighted by molar-refractivity contribution is -0.144. The van der Waals surface area contributed by atoms with E-state index in [9.17, 15) is 10.1 Å². The molecular formula is C24H34N6O. The van der Waals surface area contributed by atoms with E-state index in [0.717, 1.165) is 43.5 Å². The molecule has 4 fully saturated rings. The number of hydrogen-bond acceptors (Lipinski definition) is 5. The van der Waals surface area contributed by atoms with E-state index in [4.69, 9.17) is 10.7 Å². The molecule has 4 aliphatic rings. The molecule has 166 valence electrons. The van der Waals surface area contributed by atoms with Crippen LogP contribution in [0, 0.1) is 34.6 Å². The van der Waals surface area contributed by atoms with E-state index in [2.05, 4.69) is 33.9 Å². The van der Waals surface area contributed by atoms with Gasteiger partial charge >= 0.3 is 0 Å². The van der Waals surface area contributed by atoms with Crippen molar-refractivity contribution in [1.29, 1.82) is 5.26 Å². The highest BCUT2D eigenvalue weighted by Gasteiger charge is 2.58. The number of carbonyl (C=O) groups excluding carboxylic acids is 1. The quantitative estimate of drug-likeness (QED) is 0.283. The zero-order valence-corrected chi connectivity index (χ0v) is 19.0. The van der Waals surface area contributed by atoms with E-state index in [0.29, 0.717) is 23.6 Å². The predicted molar refractivity (Wildman–Crippen MR) is 124 cm³/mol. The van der Waals surface area contributed by atoms with Gasteiger partial charge in [-0.15, -0.1) is 0 Å². The molecule has 31 heavy (non-hydrogen) atoms. The van der Waals surface area contributed by atoms with Crippen LogP contribution in [0.2, 0.25) is 0 Å². The van der Waals surface area contributed by atoms with Crippen LogP contribution < -0.4 is 21.3 Å². The van der Waals surface area contributed by atoms with Gasteiger partial charge in [0.25, 0.3) is 0 Å². The molecule has 1 aromatic rings. The van der Waals surface area contributed by atoms with Gasteiger partial charge in [0.15, 0.2) is 6.19 Å². The largest absolute Gasteiger partial charge is 0.378 e. The molecular weight excluding hydrogens is 388 g/mol. The van der Waals surface area contributed by atoms with Gasteiger partial charge in [-0.25, -0.2) is 0 Å². The van der Waals surface area contributed by atoms with Gasteiger partial charge in [-0.1, -0.05) is 0 Å². The first-order valence-corrected chi connectivity index (χ1v) is 11.2. The average molecular weight is 423 g/mol. The van der Waals surface area contributed by atoms with Crippen molar-refractivity contribution in [2.24, 2.45) is 33.9 Å². The normalized spacial score (nSPS) is 31.8. The highest BCUT2D eigenvalue weighted by molar-refractivity contribution is 5.94. The Morgan fingerprint density at radius 2 is 1.81 bits per heavy atom. The number of amides is 1. The second-order valence-electron chi connectivity index (χ2n) is 10.5. The van der Waals surface area contributed by atoms with Crippen molar-refractivity contribution in [3.05, 3.63) is 24.3 Å². The number of benzene rings is 1. The molecule has 7 nitrogen and oxygen atoms in total. The van der Waals surface area contributed by atoms with Crippen molar-refractivity contribution >= 4 is 23.1 Å². The summed E-state index contributed by atoms with van der Waals surface area (Å²) in [5, 5.41) is 15.8. The lowest BCUT2D eigenvalue weighted by Gasteiger charge is -2.58. The first-order valence-electron chi connectivity index (χ1n) is 11.2. The van der Waals surface area contributed by atoms with Crippen LogP contribution in [0.5, 0.6) is 0 Å². The van der Waals surface area contributed by atoms with Crippen LogP contribution in [-0.4, -0.2) is 37.4 Å². The van der Waals surface area contributed by atoms with Crippen molar-refractivity contribution < 1.29 is 4.79 Å². The molecule has 0 heterocycles. The number of nitrogens with zero attached hydrogens (tertiary/aromatic N) is 3. The van der Waals surface area contributed by atoms with Crippen molar-refractivity contribution in [2.45, 2.75) is 57.5 Å². The van der Waals surface area contributed by atoms with Gasteiger partial charge in [0, 0.05) is 30.9 Å². The Balaban J connectivity index is 1.57. The molecule has 0 aromatic heterocycles. The lowest BCUT2D eigenvalue weighted by atomic mass is 9.48. The number of amidine groups is 1. The van der Waals surface area contributed by atoms with Crippen LogP contribution in [0.4, 0.5) is 11.4 Å². The number of aliphatic imine (C=N–C) groups is 1. The Labute approximate surface area is 185 Å². The first kappa shape index (κ1) is 21.5. The van der Waals surface area contributed by atoms with Crippen LogP contribution in [-0.2, 0) is 4.79 Å². The standard InChI is InChI=1S/C24H34N6O/c1-23(2,29-18-5-7-19(8-6-18)30(3)4)22(27-14-25)28-20-16-9-15-10-17(20)13-24(11-15,12-16)21(26)31/h5-8,15-17,20,29H,9-13H2,1-4H3,(H2,26,31)(H,27,28). The molecule has 1 aromatic carbocycles. The van der Waals surface area contributed by atoms with E-state index in [-0.39, 0.29) is 17.4 Å². The molecule has 7 heteroatoms. The van der Waals surface area contributed by atoms with Gasteiger partial charge in [0.1, 0.15) is 5.84 Å². The fraction of sp³-hybridized carbons (Fsp3) is 0.625. The number of carbonyl (C=O) groups is 1. The summed E-state index contributed by atoms with van der Waals surface area (Å²) in [7, 11) is 4.03. The monoisotopic (exact) mass is 422 g/mol. The third-order valence-corrected chi connectivity index (χ3v) is 7.63. The second kappa shape index (κ2) is 7.74. The van der Waals surface area contributed by atoms with Crippen LogP contribution in [0.25, 0.3) is 0 Å². The second-order valence-corrected chi connectivity index (χ2v) is 10.5. The number of primary amides is 1. The topological polar surface area (TPSA) is 107 Å². The zero-order chi connectivity index (χ0) is 22.4. The number of nitrogens with two attached hydrogens (primary N) is 1. The number of anilines is 2. The number of nitriles is 1. The Kier molecular flexibility index (Phi) is 5.36. The molecule has 0 aliphatic heterocycles. The van der Waals surface area contributed by atoms with Crippen LogP contribution >= 0.6 is 0 Å². The maximum atomic E-state index is 12.2. The van der Waals surface area contributed by atoms with Gasteiger partial charge < -0.3 is 16.0 Å². The van der Waals surface area contributed by atoms with Crippen LogP contribution in [0.15, 0.2) is 29.3 Å². The molecule has 0 saturated heterocycles. The fourth-order valence-electron chi connectivity index (χ4n) is 6.32. The Morgan fingerprint density at radius 1 is 1.19 bits per heavy atom. The number of hydrogen-bond donors (Lipinski definition) is 3. The molecule has 2 atom stereocenters. The fourth-order valence-corrected chi connectivity index (χ4v) is 6.32. The van der Waals surface area contributed by atoms with Gasteiger partial charge in [-0.3, -0.25) is 15.1 Å². The van der Waals surface area contributed by atoms with Crippen LogP contribution in [0.3, 0.4) is 0 Å². The number of nitrogens with one attached hydrogen (secondary N) is 2. The minimum absolute atomic E-state index is 0.132. The Morgan fingerprint density at radius 3 is 2.32 bits per heavy atom. The molecule has 1 amide bonds. The minimum Gasteiger partial charge on any atom is -0.378 e. The molecule has 2 unspecified atom stereocenters. The summed E-state index contributed by atoms with van der Waals surface area (Å²) in [6.45, 7) is 4.08. The molecule has 4 aliphatic carbocycles. The van der Waals surface area contributed by atoms with Crippen molar-refractivity contribution in [2.75, 3.05) is 24.3 Å². The molecule has 0 spiro atoms. The van der Waals surface area contributed by atoms with E-state index >= 15 is 0 Å². The van der Waals surface area contributed by atoms with E-state index < -0.39 is 5.54 Å². The summed E-state index contributed by atoms with van der Waals surface area (Å²) < 4.78 is 0. The minimum atomic E-state index is -0.550. The van der Waals surface area contributed by atoms with Gasteiger partial charge in [0.2, 0.25) is 5.91 Å². The summed E-state index contributed by atoms with van der Waals surface area (Å²) in [6, 6.07) is 8.35. The summed E-state index contributed by atoms with van der Waals surface area (Å²) in [6.07, 6.45) is 6.92. The van der Waals surface area contributed by atoms with E-state index in [1.807, 2.05) is 40.1 Å². The third kappa shape index (κ3) is 3.96. The molecule has 4 N–H and O–H groups in total. The maximum absolute atomic E-state index is 12.2. The Hall–Kier alpha value is -2.75. The predicted octanol–water partition coefficient (Wildman–Crippen LogP) is 3.09. The highest BCUT2D eigenvalue weighted by atomic mass is 16.1. The molecule has 4 saturated carbocycles. The maximum Gasteiger partial charge on any atom is 0.223 e. The summed E-state index contributed by atoms with van der Waals surface area (Å²) in [5.74, 6) is 1.84. The molecule has 5 rings (SSSR count). The zero-order valence-electron chi connectivity index (χ0n) is 19.0. The van der Waals surface area contributed by atoms with Gasteiger partial charge in [-0.05, 0) is 88.0 Å². The lowest BCUT2D eigenvalue weighted by Crippen LogP contribution is -2.58. The smallest absolute Gasteiger partial charge is 0.223 e. The van der Waals surface area contributed by atoms with Gasteiger partial charge in [0.05, 0.1) is 11.6 Å². The summed E-state index contributed by atoms with van der Waals surface area (Å²) >= 11 is 0. The highest BCUT2D eigenvalue weighted by Crippen LogP contribution is 2.60. The molecule has 0 radical (unpaired) electrons. The SMILES string of the molecule is CN(C)c1ccc(NC(C)(C)C(=NC2C3CC4CC2CC(C(N)=O)(C4)C3)NC#N)cc1. The van der Waals surface area contributed by atoms with Gasteiger partial charge in [-0.2, -0.15) is 5.26 Å². The van der Waals surface area contributed by atoms with E-state index in [1.165, 1.54) is 0 Å². The third-order valence-electron chi connectivity index (χ3n) is 7.63. The summed E-state index contributed by atoms with van der Waals surface area (Å²) in [4.78, 5) is 19.4.